The van der Waals surface area contributed by atoms with Crippen LogP contribution in [0, 0.1) is 6.92 Å². The Morgan fingerprint density at radius 2 is 2.06 bits per heavy atom. The molecule has 18 heavy (non-hydrogen) atoms. The Morgan fingerprint density at radius 1 is 1.39 bits per heavy atom. The normalized spacial score (nSPS) is 12.3. The Bertz CT molecular complexity index is 416. The molecular formula is C14H19ClO3. The molecule has 0 amide bonds. The van der Waals surface area contributed by atoms with Crippen LogP contribution in [-0.4, -0.2) is 18.2 Å². The number of esters is 1. The second-order valence-electron chi connectivity index (χ2n) is 4.41. The van der Waals surface area contributed by atoms with Crippen LogP contribution in [0.5, 0.6) is 5.75 Å². The van der Waals surface area contributed by atoms with Crippen molar-refractivity contribution < 1.29 is 14.3 Å². The van der Waals surface area contributed by atoms with Gasteiger partial charge in [-0.25, -0.2) is 4.79 Å². The van der Waals surface area contributed by atoms with E-state index >= 15 is 0 Å². The van der Waals surface area contributed by atoms with Crippen LogP contribution in [-0.2, 0) is 9.53 Å². The van der Waals surface area contributed by atoms with E-state index in [-0.39, 0.29) is 12.1 Å². The first-order valence-electron chi connectivity index (χ1n) is 6.07. The Kier molecular flexibility index (Phi) is 5.48. The molecular weight excluding hydrogens is 252 g/mol. The minimum absolute atomic E-state index is 0.138. The summed E-state index contributed by atoms with van der Waals surface area (Å²) in [5.74, 6) is 0.328. The van der Waals surface area contributed by atoms with Crippen molar-refractivity contribution in [2.45, 2.75) is 46.3 Å². The van der Waals surface area contributed by atoms with Gasteiger partial charge in [0.15, 0.2) is 6.10 Å². The summed E-state index contributed by atoms with van der Waals surface area (Å²) in [5, 5.41) is 0.651. The lowest BCUT2D eigenvalue weighted by Gasteiger charge is -2.19. The summed E-state index contributed by atoms with van der Waals surface area (Å²) >= 11 is 5.87. The van der Waals surface area contributed by atoms with Crippen LogP contribution in [0.25, 0.3) is 0 Å². The third-order valence-electron chi connectivity index (χ3n) is 2.39. The standard InChI is InChI=1S/C14H19ClO3/c1-5-12(14(16)17-9(2)3)18-13-7-6-11(15)8-10(13)4/h6-9,12H,5H2,1-4H3. The van der Waals surface area contributed by atoms with Crippen molar-refractivity contribution in [3.63, 3.8) is 0 Å². The maximum atomic E-state index is 11.8. The van der Waals surface area contributed by atoms with Gasteiger partial charge in [-0.3, -0.25) is 0 Å². The number of hydrogen-bond acceptors (Lipinski definition) is 3. The third-order valence-corrected chi connectivity index (χ3v) is 2.63. The van der Waals surface area contributed by atoms with Gasteiger partial charge in [0.25, 0.3) is 0 Å². The summed E-state index contributed by atoms with van der Waals surface area (Å²) in [6, 6.07) is 5.31. The van der Waals surface area contributed by atoms with Crippen molar-refractivity contribution in [2.75, 3.05) is 0 Å². The van der Waals surface area contributed by atoms with E-state index in [9.17, 15) is 4.79 Å². The highest BCUT2D eigenvalue weighted by molar-refractivity contribution is 6.30. The predicted octanol–water partition coefficient (Wildman–Crippen LogP) is 3.76. The Balaban J connectivity index is 2.76. The molecule has 3 nitrogen and oxygen atoms in total. The van der Waals surface area contributed by atoms with E-state index in [4.69, 9.17) is 21.1 Å². The van der Waals surface area contributed by atoms with Crippen LogP contribution in [0.3, 0.4) is 0 Å². The first kappa shape index (κ1) is 14.8. The number of ether oxygens (including phenoxy) is 2. The maximum Gasteiger partial charge on any atom is 0.347 e. The molecule has 1 rings (SSSR count). The molecule has 0 heterocycles. The summed E-state index contributed by atoms with van der Waals surface area (Å²) in [6.45, 7) is 7.41. The van der Waals surface area contributed by atoms with Crippen LogP contribution < -0.4 is 4.74 Å². The van der Waals surface area contributed by atoms with Gasteiger partial charge < -0.3 is 9.47 Å². The monoisotopic (exact) mass is 270 g/mol. The third kappa shape index (κ3) is 4.22. The van der Waals surface area contributed by atoms with Gasteiger partial charge in [0.2, 0.25) is 0 Å². The highest BCUT2D eigenvalue weighted by Gasteiger charge is 2.21. The Labute approximate surface area is 113 Å². The molecule has 1 atom stereocenters. The molecule has 0 aliphatic heterocycles. The molecule has 100 valence electrons. The molecule has 4 heteroatoms. The summed E-state index contributed by atoms with van der Waals surface area (Å²) in [7, 11) is 0. The number of aryl methyl sites for hydroxylation is 1. The fraction of sp³-hybridized carbons (Fsp3) is 0.500. The molecule has 0 saturated heterocycles. The highest BCUT2D eigenvalue weighted by Crippen LogP contribution is 2.23. The summed E-state index contributed by atoms with van der Waals surface area (Å²) in [5.41, 5.74) is 0.901. The minimum Gasteiger partial charge on any atom is -0.478 e. The van der Waals surface area contributed by atoms with Gasteiger partial charge in [0.1, 0.15) is 5.75 Å². The van der Waals surface area contributed by atoms with Crippen LogP contribution in [0.1, 0.15) is 32.8 Å². The molecule has 1 unspecified atom stereocenters. The summed E-state index contributed by atoms with van der Waals surface area (Å²) < 4.78 is 10.8. The summed E-state index contributed by atoms with van der Waals surface area (Å²) in [6.07, 6.45) is -0.151. The summed E-state index contributed by atoms with van der Waals surface area (Å²) in [4.78, 5) is 11.8. The van der Waals surface area contributed by atoms with Crippen molar-refractivity contribution in [1.29, 1.82) is 0 Å². The van der Waals surface area contributed by atoms with E-state index in [0.29, 0.717) is 17.2 Å². The molecule has 0 spiro atoms. The lowest BCUT2D eigenvalue weighted by Crippen LogP contribution is -2.30. The van der Waals surface area contributed by atoms with E-state index in [0.717, 1.165) is 5.56 Å². The second kappa shape index (κ2) is 6.64. The minimum atomic E-state index is -0.577. The largest absolute Gasteiger partial charge is 0.478 e. The highest BCUT2D eigenvalue weighted by atomic mass is 35.5. The van der Waals surface area contributed by atoms with E-state index in [1.54, 1.807) is 18.2 Å². The molecule has 0 N–H and O–H groups in total. The van der Waals surface area contributed by atoms with E-state index in [1.165, 1.54) is 0 Å². The quantitative estimate of drug-likeness (QED) is 0.764. The predicted molar refractivity (Wildman–Crippen MR) is 72.1 cm³/mol. The van der Waals surface area contributed by atoms with Crippen LogP contribution in [0.2, 0.25) is 5.02 Å². The lowest BCUT2D eigenvalue weighted by molar-refractivity contribution is -0.155. The molecule has 0 aromatic heterocycles. The molecule has 0 fully saturated rings. The molecule has 1 aromatic carbocycles. The van der Waals surface area contributed by atoms with Gasteiger partial charge in [-0.1, -0.05) is 18.5 Å². The fourth-order valence-electron chi connectivity index (χ4n) is 1.50. The van der Waals surface area contributed by atoms with Crippen LogP contribution >= 0.6 is 11.6 Å². The first-order valence-corrected chi connectivity index (χ1v) is 6.45. The zero-order valence-electron chi connectivity index (χ0n) is 11.2. The topological polar surface area (TPSA) is 35.5 Å². The molecule has 0 aliphatic rings. The Hall–Kier alpha value is -1.22. The van der Waals surface area contributed by atoms with Gasteiger partial charge in [0, 0.05) is 5.02 Å². The second-order valence-corrected chi connectivity index (χ2v) is 4.85. The maximum absolute atomic E-state index is 11.8. The lowest BCUT2D eigenvalue weighted by atomic mass is 10.2. The number of benzene rings is 1. The van der Waals surface area contributed by atoms with E-state index < -0.39 is 6.10 Å². The molecule has 0 radical (unpaired) electrons. The van der Waals surface area contributed by atoms with Gasteiger partial charge >= 0.3 is 5.97 Å². The van der Waals surface area contributed by atoms with Gasteiger partial charge in [0.05, 0.1) is 6.10 Å². The van der Waals surface area contributed by atoms with Crippen molar-refractivity contribution in [2.24, 2.45) is 0 Å². The molecule has 0 aliphatic carbocycles. The molecule has 0 bridgehead atoms. The van der Waals surface area contributed by atoms with Crippen molar-refractivity contribution >= 4 is 17.6 Å². The van der Waals surface area contributed by atoms with Gasteiger partial charge in [-0.15, -0.1) is 0 Å². The molecule has 1 aromatic rings. The van der Waals surface area contributed by atoms with Gasteiger partial charge in [-0.05, 0) is 51.0 Å². The van der Waals surface area contributed by atoms with Crippen molar-refractivity contribution in [3.05, 3.63) is 28.8 Å². The van der Waals surface area contributed by atoms with Crippen molar-refractivity contribution in [3.8, 4) is 5.75 Å². The van der Waals surface area contributed by atoms with Crippen LogP contribution in [0.15, 0.2) is 18.2 Å². The number of hydrogen-bond donors (Lipinski definition) is 0. The number of halogens is 1. The molecule has 0 saturated carbocycles. The first-order chi connectivity index (χ1) is 8.43. The van der Waals surface area contributed by atoms with Gasteiger partial charge in [-0.2, -0.15) is 0 Å². The number of carbonyl (C=O) groups excluding carboxylic acids is 1. The van der Waals surface area contributed by atoms with Crippen molar-refractivity contribution in [1.82, 2.24) is 0 Å². The average Bonchev–Trinajstić information content (AvgIpc) is 2.27. The number of carbonyl (C=O) groups is 1. The van der Waals surface area contributed by atoms with E-state index in [1.807, 2.05) is 27.7 Å². The number of rotatable bonds is 5. The Morgan fingerprint density at radius 3 is 2.56 bits per heavy atom. The fourth-order valence-corrected chi connectivity index (χ4v) is 1.73. The van der Waals surface area contributed by atoms with E-state index in [2.05, 4.69) is 0 Å². The zero-order chi connectivity index (χ0) is 13.7. The van der Waals surface area contributed by atoms with Crippen LogP contribution in [0.4, 0.5) is 0 Å². The zero-order valence-corrected chi connectivity index (χ0v) is 12.0. The SMILES string of the molecule is CCC(Oc1ccc(Cl)cc1C)C(=O)OC(C)C. The smallest absolute Gasteiger partial charge is 0.347 e. The average molecular weight is 271 g/mol.